The van der Waals surface area contributed by atoms with E-state index in [1.165, 1.54) is 12.0 Å². The van der Waals surface area contributed by atoms with Crippen molar-refractivity contribution in [1.82, 2.24) is 24.5 Å². The van der Waals surface area contributed by atoms with Crippen molar-refractivity contribution in [1.29, 1.82) is 0 Å². The lowest BCUT2D eigenvalue weighted by Crippen LogP contribution is -2.10. The normalized spacial score (nSPS) is 12.6. The molecule has 0 fully saturated rings. The number of aryl methyl sites for hydroxylation is 2. The standard InChI is InChI=1S/C42H31N5O2/c1-2-16-39-30(9-1)27-45-42(46-39)47-40-25-33(48-31-12-7-10-28(23-31)37-14-3-5-21-43-37)17-19-35(40)36-20-18-34(26-41(36)47)49-32-13-8-11-29(24-32)38-15-4-6-22-44-38/h3-8,10-15,17-27H,1-2,9,16H2. The highest BCUT2D eigenvalue weighted by Gasteiger charge is 2.19. The van der Waals surface area contributed by atoms with Crippen molar-refractivity contribution in [3.05, 3.63) is 151 Å². The van der Waals surface area contributed by atoms with Crippen LogP contribution >= 0.6 is 0 Å². The fourth-order valence-electron chi connectivity index (χ4n) is 6.67. The molecule has 0 unspecified atom stereocenters. The van der Waals surface area contributed by atoms with Gasteiger partial charge < -0.3 is 9.47 Å². The molecule has 236 valence electrons. The molecule has 0 saturated carbocycles. The van der Waals surface area contributed by atoms with Crippen LogP contribution in [0.1, 0.15) is 24.1 Å². The second kappa shape index (κ2) is 12.4. The predicted octanol–water partition coefficient (Wildman–Crippen LogP) is 10.2. The second-order valence-corrected chi connectivity index (χ2v) is 12.2. The third-order valence-electron chi connectivity index (χ3n) is 9.02. The minimum Gasteiger partial charge on any atom is -0.457 e. The van der Waals surface area contributed by atoms with E-state index < -0.39 is 0 Å². The number of fused-ring (bicyclic) bond motifs is 4. The third kappa shape index (κ3) is 5.65. The molecule has 7 heteroatoms. The SMILES string of the molecule is c1ccc(-c2cccc(Oc3ccc4c5ccc(Oc6cccc(-c7ccccn7)c6)cc5n(-c5ncc6c(n5)CCCC6)c4c3)c2)nc1. The fourth-order valence-corrected chi connectivity index (χ4v) is 6.67. The van der Waals surface area contributed by atoms with Gasteiger partial charge in [0.15, 0.2) is 0 Å². The summed E-state index contributed by atoms with van der Waals surface area (Å²) >= 11 is 0. The lowest BCUT2D eigenvalue weighted by molar-refractivity contribution is 0.483. The number of nitrogens with zero attached hydrogens (tertiary/aromatic N) is 5. The minimum atomic E-state index is 0.643. The molecule has 0 radical (unpaired) electrons. The highest BCUT2D eigenvalue weighted by atomic mass is 16.5. The number of aromatic nitrogens is 5. The van der Waals surface area contributed by atoms with Crippen LogP contribution in [0.5, 0.6) is 23.0 Å². The van der Waals surface area contributed by atoms with Crippen LogP contribution in [0.4, 0.5) is 0 Å². The minimum absolute atomic E-state index is 0.643. The molecule has 1 aliphatic rings. The molecule has 0 amide bonds. The van der Waals surface area contributed by atoms with Crippen LogP contribution in [0.2, 0.25) is 0 Å². The van der Waals surface area contributed by atoms with Crippen molar-refractivity contribution in [2.45, 2.75) is 25.7 Å². The van der Waals surface area contributed by atoms with Gasteiger partial charge in [-0.25, -0.2) is 9.97 Å². The van der Waals surface area contributed by atoms with Gasteiger partial charge in [-0.3, -0.25) is 14.5 Å². The summed E-state index contributed by atoms with van der Waals surface area (Å²) in [6, 6.07) is 40.2. The van der Waals surface area contributed by atoms with E-state index in [0.717, 1.165) is 92.3 Å². The van der Waals surface area contributed by atoms with Crippen molar-refractivity contribution in [3.63, 3.8) is 0 Å². The van der Waals surface area contributed by atoms with Crippen molar-refractivity contribution < 1.29 is 9.47 Å². The van der Waals surface area contributed by atoms with Crippen molar-refractivity contribution in [2.24, 2.45) is 0 Å². The maximum Gasteiger partial charge on any atom is 0.234 e. The molecule has 49 heavy (non-hydrogen) atoms. The maximum absolute atomic E-state index is 6.46. The van der Waals surface area contributed by atoms with Gasteiger partial charge in [0.05, 0.1) is 22.4 Å². The molecule has 0 aliphatic heterocycles. The fraction of sp³-hybridized carbons (Fsp3) is 0.0952. The Hall–Kier alpha value is -6.34. The van der Waals surface area contributed by atoms with Gasteiger partial charge in [0.25, 0.3) is 0 Å². The van der Waals surface area contributed by atoms with Crippen molar-refractivity contribution in [2.75, 3.05) is 0 Å². The molecule has 9 rings (SSSR count). The molecule has 0 spiro atoms. The topological polar surface area (TPSA) is 75.0 Å². The smallest absolute Gasteiger partial charge is 0.234 e. The first-order chi connectivity index (χ1) is 24.2. The quantitative estimate of drug-likeness (QED) is 0.173. The Morgan fingerprint density at radius 2 is 1.08 bits per heavy atom. The van der Waals surface area contributed by atoms with Crippen molar-refractivity contribution >= 4 is 21.8 Å². The second-order valence-electron chi connectivity index (χ2n) is 12.2. The lowest BCUT2D eigenvalue weighted by atomic mass is 9.98. The Balaban J connectivity index is 1.14. The highest BCUT2D eigenvalue weighted by molar-refractivity contribution is 6.09. The molecule has 0 atom stereocenters. The van der Waals surface area contributed by atoms with Crippen LogP contribution < -0.4 is 9.47 Å². The first-order valence-electron chi connectivity index (χ1n) is 16.6. The Labute approximate surface area is 283 Å². The van der Waals surface area contributed by atoms with Gasteiger partial charge in [-0.05, 0) is 104 Å². The average Bonchev–Trinajstić information content (AvgIpc) is 3.48. The van der Waals surface area contributed by atoms with Crippen LogP contribution in [0, 0.1) is 0 Å². The molecule has 8 aromatic rings. The molecule has 1 aliphatic carbocycles. The zero-order valence-corrected chi connectivity index (χ0v) is 26.7. The molecule has 7 nitrogen and oxygen atoms in total. The van der Waals surface area contributed by atoms with Crippen LogP contribution in [0.3, 0.4) is 0 Å². The van der Waals surface area contributed by atoms with E-state index in [1.54, 1.807) is 12.4 Å². The van der Waals surface area contributed by atoms with Crippen LogP contribution in [0.15, 0.2) is 140 Å². The van der Waals surface area contributed by atoms with E-state index >= 15 is 0 Å². The zero-order valence-electron chi connectivity index (χ0n) is 26.7. The van der Waals surface area contributed by atoms with Crippen LogP contribution in [0.25, 0.3) is 50.3 Å². The molecular formula is C42H31N5O2. The number of hydrogen-bond acceptors (Lipinski definition) is 6. The molecule has 4 heterocycles. The number of pyridine rings is 2. The first kappa shape index (κ1) is 28.8. The summed E-state index contributed by atoms with van der Waals surface area (Å²) in [6.45, 7) is 0. The summed E-state index contributed by atoms with van der Waals surface area (Å²) in [4.78, 5) is 19.0. The molecule has 0 saturated heterocycles. The predicted molar refractivity (Wildman–Crippen MR) is 193 cm³/mol. The van der Waals surface area contributed by atoms with Gasteiger partial charge in [-0.15, -0.1) is 0 Å². The van der Waals surface area contributed by atoms with E-state index in [4.69, 9.17) is 19.4 Å². The zero-order chi connectivity index (χ0) is 32.6. The largest absolute Gasteiger partial charge is 0.457 e. The van der Waals surface area contributed by atoms with E-state index in [1.807, 2.05) is 103 Å². The molecule has 4 aromatic heterocycles. The summed E-state index contributed by atoms with van der Waals surface area (Å²) in [6.07, 6.45) is 9.90. The Kier molecular flexibility index (Phi) is 7.27. The van der Waals surface area contributed by atoms with Gasteiger partial charge in [0.2, 0.25) is 5.95 Å². The molecular weight excluding hydrogens is 606 g/mol. The maximum atomic E-state index is 6.46. The lowest BCUT2D eigenvalue weighted by Gasteiger charge is -2.16. The highest BCUT2D eigenvalue weighted by Crippen LogP contribution is 2.38. The van der Waals surface area contributed by atoms with E-state index in [-0.39, 0.29) is 0 Å². The van der Waals surface area contributed by atoms with Gasteiger partial charge in [0, 0.05) is 58.3 Å². The van der Waals surface area contributed by atoms with E-state index in [9.17, 15) is 0 Å². The average molecular weight is 638 g/mol. The van der Waals surface area contributed by atoms with Crippen LogP contribution in [-0.4, -0.2) is 24.5 Å². The number of ether oxygens (including phenoxy) is 2. The molecule has 4 aromatic carbocycles. The van der Waals surface area contributed by atoms with Crippen LogP contribution in [-0.2, 0) is 12.8 Å². The number of hydrogen-bond donors (Lipinski definition) is 0. The summed E-state index contributed by atoms with van der Waals surface area (Å²) in [5.74, 6) is 3.55. The molecule has 0 bridgehead atoms. The number of rotatable bonds is 7. The number of benzene rings is 4. The molecule has 0 N–H and O–H groups in total. The van der Waals surface area contributed by atoms with Gasteiger partial charge in [-0.1, -0.05) is 36.4 Å². The Morgan fingerprint density at radius 3 is 1.65 bits per heavy atom. The summed E-state index contributed by atoms with van der Waals surface area (Å²) in [5.41, 5.74) is 8.07. The third-order valence-corrected chi connectivity index (χ3v) is 9.02. The van der Waals surface area contributed by atoms with Crippen molar-refractivity contribution in [3.8, 4) is 51.5 Å². The van der Waals surface area contributed by atoms with E-state index in [0.29, 0.717) is 5.95 Å². The summed E-state index contributed by atoms with van der Waals surface area (Å²) in [5, 5.41) is 2.16. The van der Waals surface area contributed by atoms with Gasteiger partial charge >= 0.3 is 0 Å². The first-order valence-corrected chi connectivity index (χ1v) is 16.6. The van der Waals surface area contributed by atoms with E-state index in [2.05, 4.69) is 38.8 Å². The summed E-state index contributed by atoms with van der Waals surface area (Å²) < 4.78 is 15.1. The summed E-state index contributed by atoms with van der Waals surface area (Å²) in [7, 11) is 0. The van der Waals surface area contributed by atoms with Gasteiger partial charge in [0.1, 0.15) is 23.0 Å². The Morgan fingerprint density at radius 1 is 0.510 bits per heavy atom. The van der Waals surface area contributed by atoms with Gasteiger partial charge in [-0.2, -0.15) is 0 Å². The Bertz CT molecular complexity index is 2320. The monoisotopic (exact) mass is 637 g/mol.